The molecule has 0 spiro atoms. The third kappa shape index (κ3) is 4.95. The maximum absolute atomic E-state index is 12.3. The van der Waals surface area contributed by atoms with Crippen LogP contribution in [0.15, 0.2) is 39.2 Å². The van der Waals surface area contributed by atoms with Crippen LogP contribution in [0.5, 0.6) is 0 Å². The Kier molecular flexibility index (Phi) is 6.28. The number of furan rings is 1. The molecule has 27 heavy (non-hydrogen) atoms. The minimum atomic E-state index is -1.13. The number of anilines is 1. The van der Waals surface area contributed by atoms with E-state index in [4.69, 9.17) is 21.7 Å². The van der Waals surface area contributed by atoms with Crippen LogP contribution in [0.4, 0.5) is 5.69 Å². The zero-order valence-corrected chi connectivity index (χ0v) is 16.9. The number of rotatable bonds is 4. The molecule has 3 N–H and O–H groups in total. The van der Waals surface area contributed by atoms with E-state index < -0.39 is 5.97 Å². The van der Waals surface area contributed by atoms with Crippen LogP contribution in [0.25, 0.3) is 11.3 Å². The summed E-state index contributed by atoms with van der Waals surface area (Å²) in [7, 11) is 0. The molecule has 8 heteroatoms. The van der Waals surface area contributed by atoms with Gasteiger partial charge in [0, 0.05) is 21.6 Å². The molecule has 1 amide bonds. The number of hydrogen-bond donors (Lipinski definition) is 3. The molecular weight excluding hydrogens is 432 g/mol. The number of carboxylic acids is 1. The summed E-state index contributed by atoms with van der Waals surface area (Å²) >= 11 is 8.69. The Morgan fingerprint density at radius 2 is 1.89 bits per heavy atom. The van der Waals surface area contributed by atoms with Crippen LogP contribution < -0.4 is 10.6 Å². The van der Waals surface area contributed by atoms with Crippen LogP contribution in [0.3, 0.4) is 0 Å². The first-order chi connectivity index (χ1) is 12.9. The van der Waals surface area contributed by atoms with Gasteiger partial charge in [0.25, 0.3) is 0 Å². The van der Waals surface area contributed by atoms with E-state index in [1.54, 1.807) is 24.3 Å². The van der Waals surface area contributed by atoms with Crippen LogP contribution in [-0.2, 0) is 4.79 Å². The van der Waals surface area contributed by atoms with Crippen molar-refractivity contribution < 1.29 is 19.1 Å². The fourth-order valence-electron chi connectivity index (χ4n) is 3.13. The van der Waals surface area contributed by atoms with Crippen LogP contribution >= 0.6 is 28.1 Å². The van der Waals surface area contributed by atoms with Crippen molar-refractivity contribution >= 4 is 50.8 Å². The summed E-state index contributed by atoms with van der Waals surface area (Å²) in [5.74, 6) is -0.859. The monoisotopic (exact) mass is 450 g/mol. The highest BCUT2D eigenvalue weighted by atomic mass is 79.9. The number of nitrogens with one attached hydrogen (secondary N) is 2. The van der Waals surface area contributed by atoms with E-state index >= 15 is 0 Å². The van der Waals surface area contributed by atoms with E-state index in [-0.39, 0.29) is 22.7 Å². The van der Waals surface area contributed by atoms with Gasteiger partial charge in [0.05, 0.1) is 0 Å². The molecule has 0 aliphatic heterocycles. The molecular formula is C19H19BrN2O4S. The molecule has 0 saturated heterocycles. The average molecular weight is 451 g/mol. The lowest BCUT2D eigenvalue weighted by molar-refractivity contribution is -0.124. The fourth-order valence-corrected chi connectivity index (χ4v) is 3.79. The normalized spacial score (nSPS) is 14.6. The average Bonchev–Trinajstić information content (AvgIpc) is 3.14. The van der Waals surface area contributed by atoms with Crippen LogP contribution in [0.2, 0.25) is 0 Å². The molecule has 1 heterocycles. The standard InChI is InChI=1S/C19H19BrN2O4S/c20-14-7-6-12(10-13(14)15-8-9-16(26-15)18(24)25)21-19(27)22-17(23)11-4-2-1-3-5-11/h6-11H,1-5H2,(H,24,25)(H2,21,22,23,27). The first-order valence-electron chi connectivity index (χ1n) is 8.69. The Balaban J connectivity index is 1.68. The van der Waals surface area contributed by atoms with Gasteiger partial charge in [-0.2, -0.15) is 0 Å². The highest BCUT2D eigenvalue weighted by Gasteiger charge is 2.21. The lowest BCUT2D eigenvalue weighted by Crippen LogP contribution is -2.38. The zero-order chi connectivity index (χ0) is 19.4. The van der Waals surface area contributed by atoms with Crippen molar-refractivity contribution in [1.29, 1.82) is 0 Å². The minimum absolute atomic E-state index is 0.0246. The summed E-state index contributed by atoms with van der Waals surface area (Å²) in [5, 5.41) is 15.0. The topological polar surface area (TPSA) is 91.6 Å². The van der Waals surface area contributed by atoms with Crippen molar-refractivity contribution in [1.82, 2.24) is 5.32 Å². The SMILES string of the molecule is O=C(O)c1ccc(-c2cc(NC(=S)NC(=O)C3CCCCC3)ccc2Br)o1. The van der Waals surface area contributed by atoms with Gasteiger partial charge in [-0.25, -0.2) is 4.79 Å². The molecule has 0 radical (unpaired) electrons. The number of amides is 1. The summed E-state index contributed by atoms with van der Waals surface area (Å²) in [6, 6.07) is 8.36. The molecule has 1 aromatic carbocycles. The zero-order valence-electron chi connectivity index (χ0n) is 14.5. The summed E-state index contributed by atoms with van der Waals surface area (Å²) < 4.78 is 6.10. The molecule has 142 valence electrons. The van der Waals surface area contributed by atoms with Crippen LogP contribution in [0.1, 0.15) is 42.7 Å². The van der Waals surface area contributed by atoms with E-state index in [2.05, 4.69) is 26.6 Å². The number of aromatic carboxylic acids is 1. The molecule has 0 atom stereocenters. The van der Waals surface area contributed by atoms with Crippen molar-refractivity contribution in [2.45, 2.75) is 32.1 Å². The predicted molar refractivity (Wildman–Crippen MR) is 110 cm³/mol. The fraction of sp³-hybridized carbons (Fsp3) is 0.316. The predicted octanol–water partition coefficient (Wildman–Crippen LogP) is 4.80. The third-order valence-electron chi connectivity index (χ3n) is 4.52. The van der Waals surface area contributed by atoms with E-state index in [1.807, 2.05) is 0 Å². The van der Waals surface area contributed by atoms with Gasteiger partial charge in [-0.1, -0.05) is 35.2 Å². The molecule has 1 fully saturated rings. The van der Waals surface area contributed by atoms with Crippen molar-refractivity contribution in [3.63, 3.8) is 0 Å². The number of carboxylic acid groups (broad SMARTS) is 1. The van der Waals surface area contributed by atoms with E-state index in [0.717, 1.165) is 30.2 Å². The molecule has 3 rings (SSSR count). The third-order valence-corrected chi connectivity index (χ3v) is 5.41. The minimum Gasteiger partial charge on any atom is -0.475 e. The van der Waals surface area contributed by atoms with Crippen molar-refractivity contribution in [2.24, 2.45) is 5.92 Å². The molecule has 1 aliphatic carbocycles. The lowest BCUT2D eigenvalue weighted by atomic mass is 9.89. The molecule has 0 unspecified atom stereocenters. The summed E-state index contributed by atoms with van der Waals surface area (Å²) in [6.07, 6.45) is 5.15. The van der Waals surface area contributed by atoms with Crippen LogP contribution in [0, 0.1) is 5.92 Å². The number of carbonyl (C=O) groups excluding carboxylic acids is 1. The van der Waals surface area contributed by atoms with Crippen molar-refractivity contribution in [3.8, 4) is 11.3 Å². The molecule has 6 nitrogen and oxygen atoms in total. The Morgan fingerprint density at radius 1 is 1.15 bits per heavy atom. The first-order valence-corrected chi connectivity index (χ1v) is 9.89. The largest absolute Gasteiger partial charge is 0.475 e. The van der Waals surface area contributed by atoms with Crippen molar-refractivity contribution in [2.75, 3.05) is 5.32 Å². The van der Waals surface area contributed by atoms with Gasteiger partial charge in [-0.15, -0.1) is 0 Å². The molecule has 1 aromatic heterocycles. The molecule has 0 bridgehead atoms. The van der Waals surface area contributed by atoms with Gasteiger partial charge in [0.2, 0.25) is 11.7 Å². The van der Waals surface area contributed by atoms with Gasteiger partial charge in [0.15, 0.2) is 5.11 Å². The highest BCUT2D eigenvalue weighted by molar-refractivity contribution is 9.10. The first kappa shape index (κ1) is 19.6. The Bertz CT molecular complexity index is 874. The molecule has 1 aliphatic rings. The maximum atomic E-state index is 12.3. The second-order valence-electron chi connectivity index (χ2n) is 6.44. The van der Waals surface area contributed by atoms with Gasteiger partial charge < -0.3 is 20.2 Å². The summed E-state index contributed by atoms with van der Waals surface area (Å²) in [4.78, 5) is 23.3. The smallest absolute Gasteiger partial charge is 0.371 e. The Morgan fingerprint density at radius 3 is 2.56 bits per heavy atom. The van der Waals surface area contributed by atoms with Gasteiger partial charge in [-0.3, -0.25) is 4.79 Å². The van der Waals surface area contributed by atoms with E-state index in [9.17, 15) is 9.59 Å². The lowest BCUT2D eigenvalue weighted by Gasteiger charge is -2.21. The molecule has 2 aromatic rings. The van der Waals surface area contributed by atoms with Crippen molar-refractivity contribution in [3.05, 3.63) is 40.6 Å². The Hall–Kier alpha value is -2.19. The number of thiocarbonyl (C=S) groups is 1. The number of hydrogen-bond acceptors (Lipinski definition) is 4. The van der Waals surface area contributed by atoms with Gasteiger partial charge in [0.1, 0.15) is 5.76 Å². The summed E-state index contributed by atoms with van der Waals surface area (Å²) in [5.41, 5.74) is 1.34. The summed E-state index contributed by atoms with van der Waals surface area (Å²) in [6.45, 7) is 0. The van der Waals surface area contributed by atoms with E-state index in [0.29, 0.717) is 17.0 Å². The quantitative estimate of drug-likeness (QED) is 0.579. The van der Waals surface area contributed by atoms with E-state index in [1.165, 1.54) is 12.5 Å². The number of halogens is 1. The van der Waals surface area contributed by atoms with Crippen LogP contribution in [-0.4, -0.2) is 22.1 Å². The highest BCUT2D eigenvalue weighted by Crippen LogP contribution is 2.32. The second kappa shape index (κ2) is 8.67. The van der Waals surface area contributed by atoms with Gasteiger partial charge in [-0.05, 0) is 55.4 Å². The number of carbonyl (C=O) groups is 2. The Labute approximate surface area is 170 Å². The second-order valence-corrected chi connectivity index (χ2v) is 7.70. The maximum Gasteiger partial charge on any atom is 0.371 e. The molecule has 1 saturated carbocycles. The van der Waals surface area contributed by atoms with Gasteiger partial charge >= 0.3 is 5.97 Å². The number of benzene rings is 1.